The predicted octanol–water partition coefficient (Wildman–Crippen LogP) is 1.10. The summed E-state index contributed by atoms with van der Waals surface area (Å²) in [5.41, 5.74) is -0.181. The average molecular weight is 267 g/mol. The summed E-state index contributed by atoms with van der Waals surface area (Å²) in [6, 6.07) is 0. The number of aromatic nitrogens is 3. The van der Waals surface area contributed by atoms with Crippen LogP contribution in [0.1, 0.15) is 43.1 Å². The highest BCUT2D eigenvalue weighted by molar-refractivity contribution is 5.84. The van der Waals surface area contributed by atoms with Gasteiger partial charge in [0.25, 0.3) is 0 Å². The lowest BCUT2D eigenvalue weighted by atomic mass is 9.89. The van der Waals surface area contributed by atoms with Crippen molar-refractivity contribution in [2.24, 2.45) is 5.92 Å². The molecule has 1 saturated carbocycles. The summed E-state index contributed by atoms with van der Waals surface area (Å²) in [4.78, 5) is 22.3. The SMILES string of the molecule is CC1CCC(OC(=O)Cn2cc(C(=O)O)nn2)CC1. The number of hydrogen-bond donors (Lipinski definition) is 1. The minimum Gasteiger partial charge on any atom is -0.476 e. The number of ether oxygens (including phenoxy) is 1. The van der Waals surface area contributed by atoms with Crippen molar-refractivity contribution in [1.82, 2.24) is 15.0 Å². The number of rotatable bonds is 4. The highest BCUT2D eigenvalue weighted by Gasteiger charge is 2.22. The summed E-state index contributed by atoms with van der Waals surface area (Å²) in [6.45, 7) is 2.09. The van der Waals surface area contributed by atoms with E-state index < -0.39 is 11.9 Å². The van der Waals surface area contributed by atoms with Gasteiger partial charge in [0.1, 0.15) is 12.6 Å². The average Bonchev–Trinajstić information content (AvgIpc) is 2.80. The lowest BCUT2D eigenvalue weighted by molar-refractivity contribution is -0.151. The van der Waals surface area contributed by atoms with Gasteiger partial charge in [0, 0.05) is 0 Å². The Labute approximate surface area is 110 Å². The van der Waals surface area contributed by atoms with Crippen LogP contribution in [0, 0.1) is 5.92 Å². The quantitative estimate of drug-likeness (QED) is 0.821. The van der Waals surface area contributed by atoms with E-state index >= 15 is 0 Å². The van der Waals surface area contributed by atoms with Crippen LogP contribution in [0.3, 0.4) is 0 Å². The lowest BCUT2D eigenvalue weighted by Crippen LogP contribution is -2.25. The number of carbonyl (C=O) groups is 2. The van der Waals surface area contributed by atoms with Crippen LogP contribution in [0.4, 0.5) is 0 Å². The maximum Gasteiger partial charge on any atom is 0.358 e. The fourth-order valence-corrected chi connectivity index (χ4v) is 2.18. The van der Waals surface area contributed by atoms with Crippen molar-refractivity contribution in [3.63, 3.8) is 0 Å². The third-order valence-corrected chi connectivity index (χ3v) is 3.31. The molecule has 1 aromatic heterocycles. The molecule has 0 bridgehead atoms. The molecule has 1 aliphatic carbocycles. The standard InChI is InChI=1S/C12H17N3O4/c1-8-2-4-9(5-3-8)19-11(16)7-15-6-10(12(17)18)13-14-15/h6,8-9H,2-5,7H2,1H3,(H,17,18). The molecule has 1 heterocycles. The molecule has 0 aliphatic heterocycles. The van der Waals surface area contributed by atoms with Gasteiger partial charge in [0.15, 0.2) is 5.69 Å². The Hall–Kier alpha value is -1.92. The molecule has 104 valence electrons. The molecule has 1 N–H and O–H groups in total. The van der Waals surface area contributed by atoms with Crippen molar-refractivity contribution in [3.8, 4) is 0 Å². The minimum absolute atomic E-state index is 0.0221. The second-order valence-corrected chi connectivity index (χ2v) is 4.98. The van der Waals surface area contributed by atoms with Crippen molar-refractivity contribution >= 4 is 11.9 Å². The fourth-order valence-electron chi connectivity index (χ4n) is 2.18. The van der Waals surface area contributed by atoms with Gasteiger partial charge in [-0.15, -0.1) is 5.10 Å². The van der Waals surface area contributed by atoms with Gasteiger partial charge < -0.3 is 9.84 Å². The Morgan fingerprint density at radius 1 is 1.42 bits per heavy atom. The molecule has 0 aromatic carbocycles. The van der Waals surface area contributed by atoms with Gasteiger partial charge in [0.2, 0.25) is 0 Å². The van der Waals surface area contributed by atoms with Crippen molar-refractivity contribution in [2.75, 3.05) is 0 Å². The van der Waals surface area contributed by atoms with E-state index in [2.05, 4.69) is 17.2 Å². The van der Waals surface area contributed by atoms with Crippen LogP contribution < -0.4 is 0 Å². The van der Waals surface area contributed by atoms with Crippen molar-refractivity contribution in [3.05, 3.63) is 11.9 Å². The molecule has 0 saturated heterocycles. The van der Waals surface area contributed by atoms with Gasteiger partial charge in [-0.25, -0.2) is 9.48 Å². The van der Waals surface area contributed by atoms with Gasteiger partial charge >= 0.3 is 11.9 Å². The van der Waals surface area contributed by atoms with Crippen LogP contribution in [0.5, 0.6) is 0 Å². The molecular formula is C12H17N3O4. The molecule has 1 aromatic rings. The van der Waals surface area contributed by atoms with Crippen molar-refractivity contribution < 1.29 is 19.4 Å². The Bertz CT molecular complexity index is 463. The molecule has 0 unspecified atom stereocenters. The summed E-state index contributed by atoms with van der Waals surface area (Å²) in [6.07, 6.45) is 5.13. The van der Waals surface area contributed by atoms with Gasteiger partial charge in [-0.3, -0.25) is 4.79 Å². The Morgan fingerprint density at radius 2 is 2.11 bits per heavy atom. The van der Waals surface area contributed by atoms with Gasteiger partial charge in [-0.1, -0.05) is 12.1 Å². The molecule has 7 nitrogen and oxygen atoms in total. The molecule has 7 heteroatoms. The van der Waals surface area contributed by atoms with Gasteiger partial charge in [-0.2, -0.15) is 0 Å². The summed E-state index contributed by atoms with van der Waals surface area (Å²) < 4.78 is 6.52. The second-order valence-electron chi connectivity index (χ2n) is 4.98. The van der Waals surface area contributed by atoms with Crippen LogP contribution in [0.15, 0.2) is 6.20 Å². The third-order valence-electron chi connectivity index (χ3n) is 3.31. The molecule has 1 aliphatic rings. The molecular weight excluding hydrogens is 250 g/mol. The monoisotopic (exact) mass is 267 g/mol. The zero-order valence-electron chi connectivity index (χ0n) is 10.8. The lowest BCUT2D eigenvalue weighted by Gasteiger charge is -2.25. The molecule has 2 rings (SSSR count). The van der Waals surface area contributed by atoms with Crippen LogP contribution in [-0.4, -0.2) is 38.1 Å². The van der Waals surface area contributed by atoms with Crippen molar-refractivity contribution in [2.45, 2.75) is 45.3 Å². The highest BCUT2D eigenvalue weighted by atomic mass is 16.5. The van der Waals surface area contributed by atoms with Crippen LogP contribution in [-0.2, 0) is 16.1 Å². The third kappa shape index (κ3) is 3.77. The first kappa shape index (κ1) is 13.5. The number of esters is 1. The van der Waals surface area contributed by atoms with E-state index in [4.69, 9.17) is 9.84 Å². The topological polar surface area (TPSA) is 94.3 Å². The first-order chi connectivity index (χ1) is 9.04. The molecule has 0 spiro atoms. The summed E-state index contributed by atoms with van der Waals surface area (Å²) in [5.74, 6) is -0.870. The fraction of sp³-hybridized carbons (Fsp3) is 0.667. The molecule has 19 heavy (non-hydrogen) atoms. The predicted molar refractivity (Wildman–Crippen MR) is 64.5 cm³/mol. The molecule has 1 fully saturated rings. The van der Waals surface area contributed by atoms with Gasteiger partial charge in [0.05, 0.1) is 6.20 Å². The maximum absolute atomic E-state index is 11.7. The first-order valence-electron chi connectivity index (χ1n) is 6.37. The zero-order valence-corrected chi connectivity index (χ0v) is 10.8. The van der Waals surface area contributed by atoms with E-state index in [9.17, 15) is 9.59 Å². The first-order valence-corrected chi connectivity index (χ1v) is 6.37. The highest BCUT2D eigenvalue weighted by Crippen LogP contribution is 2.25. The van der Waals surface area contributed by atoms with Crippen LogP contribution >= 0.6 is 0 Å². The second kappa shape index (κ2) is 5.81. The Kier molecular flexibility index (Phi) is 4.13. The van der Waals surface area contributed by atoms with Crippen LogP contribution in [0.25, 0.3) is 0 Å². The van der Waals surface area contributed by atoms with Crippen LogP contribution in [0.2, 0.25) is 0 Å². The summed E-state index contributed by atoms with van der Waals surface area (Å²) >= 11 is 0. The summed E-state index contributed by atoms with van der Waals surface area (Å²) in [7, 11) is 0. The number of hydrogen-bond acceptors (Lipinski definition) is 5. The Morgan fingerprint density at radius 3 is 2.68 bits per heavy atom. The van der Waals surface area contributed by atoms with E-state index in [1.165, 1.54) is 10.9 Å². The number of carboxylic acid groups (broad SMARTS) is 1. The van der Waals surface area contributed by atoms with Gasteiger partial charge in [-0.05, 0) is 31.6 Å². The van der Waals surface area contributed by atoms with E-state index in [1.54, 1.807) is 0 Å². The van der Waals surface area contributed by atoms with Crippen molar-refractivity contribution in [1.29, 1.82) is 0 Å². The molecule has 0 amide bonds. The maximum atomic E-state index is 11.7. The van der Waals surface area contributed by atoms with E-state index in [0.717, 1.165) is 25.7 Å². The minimum atomic E-state index is -1.17. The number of carbonyl (C=O) groups excluding carboxylic acids is 1. The summed E-state index contributed by atoms with van der Waals surface area (Å²) in [5, 5.41) is 15.7. The zero-order chi connectivity index (χ0) is 13.8. The molecule has 0 radical (unpaired) electrons. The largest absolute Gasteiger partial charge is 0.476 e. The number of aromatic carboxylic acids is 1. The van der Waals surface area contributed by atoms with E-state index in [-0.39, 0.29) is 18.3 Å². The normalized spacial score (nSPS) is 23.0. The van der Waals surface area contributed by atoms with E-state index in [0.29, 0.717) is 5.92 Å². The Balaban J connectivity index is 1.82. The molecule has 0 atom stereocenters. The number of carboxylic acids is 1. The smallest absolute Gasteiger partial charge is 0.358 e. The van der Waals surface area contributed by atoms with E-state index in [1.807, 2.05) is 0 Å². The number of nitrogens with zero attached hydrogens (tertiary/aromatic N) is 3.